The van der Waals surface area contributed by atoms with Crippen molar-refractivity contribution in [3.63, 3.8) is 0 Å². The molecule has 4 heteroatoms. The van der Waals surface area contributed by atoms with Crippen LogP contribution in [-0.2, 0) is 6.54 Å². The second-order valence-corrected chi connectivity index (χ2v) is 5.90. The molecule has 0 bridgehead atoms. The molecule has 2 aromatic rings. The lowest BCUT2D eigenvalue weighted by Crippen LogP contribution is -2.26. The number of benzene rings is 1. The smallest absolute Gasteiger partial charge is 0.0762 e. The molecule has 1 heterocycles. The number of hydrogen-bond donors (Lipinski definition) is 1. The van der Waals surface area contributed by atoms with Gasteiger partial charge in [-0.3, -0.25) is 4.68 Å². The van der Waals surface area contributed by atoms with Gasteiger partial charge in [-0.05, 0) is 54.4 Å². The predicted octanol–water partition coefficient (Wildman–Crippen LogP) is 3.98. The maximum Gasteiger partial charge on any atom is 0.0762 e. The van der Waals surface area contributed by atoms with Gasteiger partial charge in [-0.15, -0.1) is 0 Å². The normalized spacial score (nSPS) is 12.7. The van der Waals surface area contributed by atoms with E-state index in [4.69, 9.17) is 0 Å². The zero-order chi connectivity index (χ0) is 14.7. The number of aryl methyl sites for hydroxylation is 3. The van der Waals surface area contributed by atoms with Gasteiger partial charge < -0.3 is 5.32 Å². The number of rotatable bonds is 5. The first kappa shape index (κ1) is 15.3. The molecule has 1 unspecified atom stereocenters. The van der Waals surface area contributed by atoms with Gasteiger partial charge in [-0.1, -0.05) is 30.7 Å². The molecule has 0 aliphatic carbocycles. The van der Waals surface area contributed by atoms with Crippen LogP contribution in [0.25, 0.3) is 0 Å². The van der Waals surface area contributed by atoms with E-state index in [0.717, 1.165) is 17.6 Å². The van der Waals surface area contributed by atoms with Crippen molar-refractivity contribution in [2.75, 3.05) is 6.54 Å². The summed E-state index contributed by atoms with van der Waals surface area (Å²) in [7, 11) is 0. The van der Waals surface area contributed by atoms with Gasteiger partial charge in [0.2, 0.25) is 0 Å². The first-order chi connectivity index (χ1) is 9.58. The van der Waals surface area contributed by atoms with E-state index in [1.54, 1.807) is 0 Å². The number of nitrogens with one attached hydrogen (secondary N) is 1. The third-order valence-electron chi connectivity index (χ3n) is 3.56. The Labute approximate surface area is 129 Å². The van der Waals surface area contributed by atoms with Crippen molar-refractivity contribution in [1.29, 1.82) is 0 Å². The van der Waals surface area contributed by atoms with Gasteiger partial charge in [0, 0.05) is 6.54 Å². The lowest BCUT2D eigenvalue weighted by molar-refractivity contribution is 0.539. The zero-order valence-electron chi connectivity index (χ0n) is 12.6. The fourth-order valence-electron chi connectivity index (χ4n) is 2.54. The number of halogens is 1. The van der Waals surface area contributed by atoms with E-state index in [1.165, 1.54) is 22.4 Å². The third-order valence-corrected chi connectivity index (χ3v) is 4.17. The minimum atomic E-state index is 0.164. The van der Waals surface area contributed by atoms with Crippen LogP contribution in [0.5, 0.6) is 0 Å². The Kier molecular flexibility index (Phi) is 5.00. The van der Waals surface area contributed by atoms with Crippen LogP contribution in [0.15, 0.2) is 28.9 Å². The van der Waals surface area contributed by atoms with E-state index in [-0.39, 0.29) is 6.04 Å². The average Bonchev–Trinajstić information content (AvgIpc) is 2.80. The number of hydrogen-bond acceptors (Lipinski definition) is 2. The van der Waals surface area contributed by atoms with E-state index in [0.29, 0.717) is 0 Å². The minimum absolute atomic E-state index is 0.164. The molecule has 0 amide bonds. The Morgan fingerprint density at radius 2 is 2.05 bits per heavy atom. The van der Waals surface area contributed by atoms with Crippen LogP contribution in [0.1, 0.15) is 42.3 Å². The first-order valence-corrected chi connectivity index (χ1v) is 7.89. The molecule has 20 heavy (non-hydrogen) atoms. The molecule has 0 spiro atoms. The summed E-state index contributed by atoms with van der Waals surface area (Å²) in [4.78, 5) is 0. The topological polar surface area (TPSA) is 29.9 Å². The molecule has 3 nitrogen and oxygen atoms in total. The summed E-state index contributed by atoms with van der Waals surface area (Å²) < 4.78 is 3.12. The molecule has 1 aromatic carbocycles. The maximum absolute atomic E-state index is 4.44. The standard InChI is InChI=1S/C16H22BrN3/c1-5-18-15(13-9-11(3)7-8-12(13)4)16-14(17)10-19-20(16)6-2/h7-10,15,18H,5-6H2,1-4H3. The van der Waals surface area contributed by atoms with Crippen molar-refractivity contribution in [3.8, 4) is 0 Å². The van der Waals surface area contributed by atoms with Crippen molar-refractivity contribution < 1.29 is 0 Å². The van der Waals surface area contributed by atoms with Crippen molar-refractivity contribution in [2.45, 2.75) is 40.3 Å². The first-order valence-electron chi connectivity index (χ1n) is 7.10. The molecule has 0 saturated heterocycles. The fraction of sp³-hybridized carbons (Fsp3) is 0.438. The van der Waals surface area contributed by atoms with Gasteiger partial charge >= 0.3 is 0 Å². The van der Waals surface area contributed by atoms with Crippen LogP contribution < -0.4 is 5.32 Å². The average molecular weight is 336 g/mol. The highest BCUT2D eigenvalue weighted by Crippen LogP contribution is 2.30. The van der Waals surface area contributed by atoms with E-state index >= 15 is 0 Å². The predicted molar refractivity (Wildman–Crippen MR) is 87.0 cm³/mol. The van der Waals surface area contributed by atoms with Gasteiger partial charge in [0.25, 0.3) is 0 Å². The fourth-order valence-corrected chi connectivity index (χ4v) is 3.07. The Morgan fingerprint density at radius 3 is 2.70 bits per heavy atom. The van der Waals surface area contributed by atoms with Crippen LogP contribution in [0.4, 0.5) is 0 Å². The Hall–Kier alpha value is -1.13. The molecule has 0 aliphatic heterocycles. The van der Waals surface area contributed by atoms with Crippen LogP contribution in [-0.4, -0.2) is 16.3 Å². The summed E-state index contributed by atoms with van der Waals surface area (Å²) in [5.74, 6) is 0. The molecular formula is C16H22BrN3. The zero-order valence-corrected chi connectivity index (χ0v) is 14.2. The van der Waals surface area contributed by atoms with Crippen molar-refractivity contribution in [2.24, 2.45) is 0 Å². The molecule has 2 rings (SSSR count). The Balaban J connectivity index is 2.56. The minimum Gasteiger partial charge on any atom is -0.305 e. The molecule has 108 valence electrons. The molecule has 0 saturated carbocycles. The lowest BCUT2D eigenvalue weighted by atomic mass is 9.96. The highest BCUT2D eigenvalue weighted by molar-refractivity contribution is 9.10. The van der Waals surface area contributed by atoms with Gasteiger partial charge in [0.15, 0.2) is 0 Å². The van der Waals surface area contributed by atoms with Crippen LogP contribution in [0, 0.1) is 13.8 Å². The summed E-state index contributed by atoms with van der Waals surface area (Å²) >= 11 is 3.65. The summed E-state index contributed by atoms with van der Waals surface area (Å²) in [6.45, 7) is 10.3. The third kappa shape index (κ3) is 2.96. The maximum atomic E-state index is 4.44. The van der Waals surface area contributed by atoms with E-state index in [9.17, 15) is 0 Å². The molecule has 0 fully saturated rings. The molecular weight excluding hydrogens is 314 g/mol. The summed E-state index contributed by atoms with van der Waals surface area (Å²) in [5, 5.41) is 8.04. The van der Waals surface area contributed by atoms with Crippen molar-refractivity contribution in [3.05, 3.63) is 51.3 Å². The van der Waals surface area contributed by atoms with Crippen molar-refractivity contribution in [1.82, 2.24) is 15.1 Å². The second kappa shape index (κ2) is 6.55. The SMILES string of the molecule is CCNC(c1cc(C)ccc1C)c1c(Br)cnn1CC. The van der Waals surface area contributed by atoms with Gasteiger partial charge in [-0.25, -0.2) is 0 Å². The van der Waals surface area contributed by atoms with Gasteiger partial charge in [0.1, 0.15) is 0 Å². The summed E-state index contributed by atoms with van der Waals surface area (Å²) in [6, 6.07) is 6.78. The Bertz CT molecular complexity index is 589. The van der Waals surface area contributed by atoms with Crippen LogP contribution in [0.2, 0.25) is 0 Å². The van der Waals surface area contributed by atoms with E-state index in [1.807, 2.05) is 6.20 Å². The number of nitrogens with zero attached hydrogens (tertiary/aromatic N) is 2. The van der Waals surface area contributed by atoms with Crippen LogP contribution >= 0.6 is 15.9 Å². The summed E-state index contributed by atoms with van der Waals surface area (Å²) in [6.07, 6.45) is 1.88. The quantitative estimate of drug-likeness (QED) is 0.895. The highest BCUT2D eigenvalue weighted by Gasteiger charge is 2.22. The molecule has 0 aliphatic rings. The van der Waals surface area contributed by atoms with E-state index < -0.39 is 0 Å². The molecule has 0 radical (unpaired) electrons. The number of aromatic nitrogens is 2. The van der Waals surface area contributed by atoms with Gasteiger partial charge in [0.05, 0.1) is 22.4 Å². The molecule has 1 N–H and O–H groups in total. The second-order valence-electron chi connectivity index (χ2n) is 5.04. The molecule has 1 atom stereocenters. The van der Waals surface area contributed by atoms with Crippen molar-refractivity contribution >= 4 is 15.9 Å². The van der Waals surface area contributed by atoms with Gasteiger partial charge in [-0.2, -0.15) is 5.10 Å². The largest absolute Gasteiger partial charge is 0.305 e. The van der Waals surface area contributed by atoms with Crippen LogP contribution in [0.3, 0.4) is 0 Å². The Morgan fingerprint density at radius 1 is 1.30 bits per heavy atom. The van der Waals surface area contributed by atoms with E-state index in [2.05, 4.69) is 76.9 Å². The monoisotopic (exact) mass is 335 g/mol. The summed E-state index contributed by atoms with van der Waals surface area (Å²) in [5.41, 5.74) is 5.11. The highest BCUT2D eigenvalue weighted by atomic mass is 79.9. The lowest BCUT2D eigenvalue weighted by Gasteiger charge is -2.22. The molecule has 1 aromatic heterocycles.